The molecule has 0 fully saturated rings. The zero-order valence-corrected chi connectivity index (χ0v) is 10.9. The van der Waals surface area contributed by atoms with Gasteiger partial charge in [0.1, 0.15) is 29.6 Å². The van der Waals surface area contributed by atoms with Crippen molar-refractivity contribution in [3.8, 4) is 0 Å². The highest BCUT2D eigenvalue weighted by Crippen LogP contribution is 2.24. The predicted molar refractivity (Wildman–Crippen MR) is 64.2 cm³/mol. The molecule has 0 atom stereocenters. The predicted octanol–water partition coefficient (Wildman–Crippen LogP) is 3.69. The Labute approximate surface area is 104 Å². The molecule has 2 rings (SSSR count). The van der Waals surface area contributed by atoms with Crippen molar-refractivity contribution < 1.29 is 17.9 Å². The van der Waals surface area contributed by atoms with Crippen molar-refractivity contribution in [2.24, 2.45) is 4.99 Å². The molecule has 0 spiro atoms. The van der Waals surface area contributed by atoms with Gasteiger partial charge in [0, 0.05) is 12.1 Å². The van der Waals surface area contributed by atoms with Crippen LogP contribution in [0, 0.1) is 17.5 Å². The van der Waals surface area contributed by atoms with Crippen LogP contribution in [-0.4, -0.2) is 18.0 Å². The van der Waals surface area contributed by atoms with Gasteiger partial charge >= 0.3 is 0 Å². The molecule has 5 heteroatoms. The van der Waals surface area contributed by atoms with E-state index in [1.165, 1.54) is 0 Å². The maximum atomic E-state index is 13.4. The second-order valence-electron chi connectivity index (χ2n) is 4.26. The Morgan fingerprint density at radius 1 is 1.11 bits per heavy atom. The van der Waals surface area contributed by atoms with E-state index in [0.717, 1.165) is 0 Å². The van der Waals surface area contributed by atoms with Crippen LogP contribution in [-0.2, 0) is 4.74 Å². The van der Waals surface area contributed by atoms with Crippen LogP contribution in [0.3, 0.4) is 0 Å². The number of halogens is 3. The van der Waals surface area contributed by atoms with Crippen molar-refractivity contribution in [1.82, 2.24) is 0 Å². The summed E-state index contributed by atoms with van der Waals surface area (Å²) in [6.45, 7) is 7.80. The lowest BCUT2D eigenvalue weighted by atomic mass is 10.1. The number of benzene rings is 1. The van der Waals surface area contributed by atoms with E-state index in [1.807, 2.05) is 13.8 Å². The second kappa shape index (κ2) is 5.42. The highest BCUT2D eigenvalue weighted by atomic mass is 19.1. The summed E-state index contributed by atoms with van der Waals surface area (Å²) in [6.07, 6.45) is 0. The highest BCUT2D eigenvalue weighted by molar-refractivity contribution is 5.96. The molecular weight excluding hydrogens is 243 g/mol. The van der Waals surface area contributed by atoms with E-state index >= 15 is 0 Å². The summed E-state index contributed by atoms with van der Waals surface area (Å²) in [5.74, 6) is -3.08. The molecule has 2 nitrogen and oxygen atoms in total. The average molecular weight is 259 g/mol. The molecule has 0 bridgehead atoms. The van der Waals surface area contributed by atoms with Gasteiger partial charge in [-0.2, -0.15) is 0 Å². The first-order valence-corrected chi connectivity index (χ1v) is 5.77. The number of rotatable bonds is 1. The lowest BCUT2D eigenvalue weighted by Gasteiger charge is -2.07. The molecule has 1 aliphatic rings. The third-order valence-electron chi connectivity index (χ3n) is 2.19. The molecule has 1 aromatic carbocycles. The van der Waals surface area contributed by atoms with Crippen LogP contribution in [0.2, 0.25) is 0 Å². The zero-order valence-electron chi connectivity index (χ0n) is 10.9. The van der Waals surface area contributed by atoms with Gasteiger partial charge in [-0.05, 0) is 13.8 Å². The Kier molecular flexibility index (Phi) is 4.38. The molecule has 0 saturated heterocycles. The van der Waals surface area contributed by atoms with Crippen LogP contribution >= 0.6 is 0 Å². The molecule has 0 saturated carbocycles. The fraction of sp³-hybridized carbons (Fsp3) is 0.462. The Bertz CT molecular complexity index is 446. The van der Waals surface area contributed by atoms with Crippen molar-refractivity contribution in [1.29, 1.82) is 0 Å². The van der Waals surface area contributed by atoms with Crippen molar-refractivity contribution in [3.05, 3.63) is 35.1 Å². The monoisotopic (exact) mass is 259 g/mol. The van der Waals surface area contributed by atoms with Gasteiger partial charge in [0.2, 0.25) is 5.90 Å². The summed E-state index contributed by atoms with van der Waals surface area (Å²) >= 11 is 0. The smallest absolute Gasteiger partial charge is 0.222 e. The van der Waals surface area contributed by atoms with Crippen molar-refractivity contribution in [2.75, 3.05) is 6.61 Å². The van der Waals surface area contributed by atoms with E-state index in [-0.39, 0.29) is 12.5 Å². The van der Waals surface area contributed by atoms with E-state index < -0.39 is 28.6 Å². The lowest BCUT2D eigenvalue weighted by molar-refractivity contribution is 0.278. The Hall–Kier alpha value is -1.52. The van der Waals surface area contributed by atoms with Gasteiger partial charge in [-0.25, -0.2) is 18.2 Å². The summed E-state index contributed by atoms with van der Waals surface area (Å²) in [5, 5.41) is 0. The number of nitrogens with zero attached hydrogens (tertiary/aromatic N) is 1. The molecule has 1 heterocycles. The van der Waals surface area contributed by atoms with Crippen LogP contribution < -0.4 is 0 Å². The maximum absolute atomic E-state index is 13.4. The number of aliphatic imine (C=N–C) groups is 1. The lowest BCUT2D eigenvalue weighted by Crippen LogP contribution is -2.17. The number of ether oxygens (including phenoxy) is 1. The van der Waals surface area contributed by atoms with Gasteiger partial charge in [0.15, 0.2) is 0 Å². The van der Waals surface area contributed by atoms with Gasteiger partial charge in [-0.1, -0.05) is 13.8 Å². The molecule has 1 aliphatic heterocycles. The minimum absolute atomic E-state index is 0.111. The normalized spacial score (nSPS) is 16.5. The minimum Gasteiger partial charge on any atom is -0.475 e. The molecule has 0 aliphatic carbocycles. The van der Waals surface area contributed by atoms with Crippen LogP contribution in [0.1, 0.15) is 33.3 Å². The SMILES string of the molecule is CC.CC1(C)COC(c2c(F)cc(F)cc2F)=N1. The summed E-state index contributed by atoms with van der Waals surface area (Å²) in [5.41, 5.74) is -0.922. The first-order valence-electron chi connectivity index (χ1n) is 5.77. The van der Waals surface area contributed by atoms with E-state index in [2.05, 4.69) is 4.99 Å². The van der Waals surface area contributed by atoms with E-state index in [9.17, 15) is 13.2 Å². The van der Waals surface area contributed by atoms with Crippen LogP contribution in [0.5, 0.6) is 0 Å². The molecule has 0 aromatic heterocycles. The maximum Gasteiger partial charge on any atom is 0.222 e. The van der Waals surface area contributed by atoms with Gasteiger partial charge in [0.25, 0.3) is 0 Å². The zero-order chi connectivity index (χ0) is 13.9. The average Bonchev–Trinajstić information content (AvgIpc) is 2.60. The molecule has 18 heavy (non-hydrogen) atoms. The second-order valence-corrected chi connectivity index (χ2v) is 4.26. The molecule has 100 valence electrons. The fourth-order valence-electron chi connectivity index (χ4n) is 1.46. The number of hydrogen-bond acceptors (Lipinski definition) is 2. The Balaban J connectivity index is 0.000000771. The fourth-order valence-corrected chi connectivity index (χ4v) is 1.46. The summed E-state index contributed by atoms with van der Waals surface area (Å²) in [7, 11) is 0. The van der Waals surface area contributed by atoms with Crippen molar-refractivity contribution >= 4 is 5.90 Å². The van der Waals surface area contributed by atoms with Gasteiger partial charge in [0.05, 0.1) is 5.54 Å². The summed E-state index contributed by atoms with van der Waals surface area (Å²) in [4.78, 5) is 4.03. The van der Waals surface area contributed by atoms with E-state index in [0.29, 0.717) is 12.1 Å². The standard InChI is InChI=1S/C11H10F3NO.C2H6/c1-11(2)5-16-10(15-11)9-7(13)3-6(12)4-8(9)14;1-2/h3-4H,5H2,1-2H3;1-2H3. The quantitative estimate of drug-likeness (QED) is 0.753. The third kappa shape index (κ3) is 3.03. The topological polar surface area (TPSA) is 21.6 Å². The van der Waals surface area contributed by atoms with E-state index in [4.69, 9.17) is 4.74 Å². The minimum atomic E-state index is -1.01. The first-order chi connectivity index (χ1) is 8.39. The van der Waals surface area contributed by atoms with E-state index in [1.54, 1.807) is 13.8 Å². The molecule has 1 aromatic rings. The van der Waals surface area contributed by atoms with Gasteiger partial charge in [-0.3, -0.25) is 0 Å². The van der Waals surface area contributed by atoms with Crippen LogP contribution in [0.25, 0.3) is 0 Å². The van der Waals surface area contributed by atoms with Crippen LogP contribution in [0.15, 0.2) is 17.1 Å². The highest BCUT2D eigenvalue weighted by Gasteiger charge is 2.30. The van der Waals surface area contributed by atoms with Gasteiger partial charge < -0.3 is 4.74 Å². The molecular formula is C13H16F3NO. The first kappa shape index (κ1) is 14.5. The largest absolute Gasteiger partial charge is 0.475 e. The van der Waals surface area contributed by atoms with Crippen molar-refractivity contribution in [2.45, 2.75) is 33.2 Å². The third-order valence-corrected chi connectivity index (χ3v) is 2.19. The number of hydrogen-bond donors (Lipinski definition) is 0. The van der Waals surface area contributed by atoms with Crippen LogP contribution in [0.4, 0.5) is 13.2 Å². The molecule has 0 radical (unpaired) electrons. The summed E-state index contributed by atoms with van der Waals surface area (Å²) in [6, 6.07) is 1.21. The Morgan fingerprint density at radius 3 is 2.00 bits per heavy atom. The van der Waals surface area contributed by atoms with Crippen molar-refractivity contribution in [3.63, 3.8) is 0 Å². The molecule has 0 N–H and O–H groups in total. The Morgan fingerprint density at radius 2 is 1.61 bits per heavy atom. The summed E-state index contributed by atoms with van der Waals surface area (Å²) < 4.78 is 44.5. The molecule has 0 amide bonds. The molecule has 0 unspecified atom stereocenters. The van der Waals surface area contributed by atoms with Gasteiger partial charge in [-0.15, -0.1) is 0 Å².